The van der Waals surface area contributed by atoms with Crippen molar-refractivity contribution < 1.29 is 0 Å². The molecule has 0 bridgehead atoms. The molecule has 0 amide bonds. The van der Waals surface area contributed by atoms with Crippen molar-refractivity contribution in [2.45, 2.75) is 62.1 Å². The minimum atomic E-state index is -0.409. The van der Waals surface area contributed by atoms with Gasteiger partial charge in [0.2, 0.25) is 0 Å². The second-order valence-corrected chi connectivity index (χ2v) is 7.58. The molecule has 8 N–H and O–H groups in total. The molecule has 3 atom stereocenters. The third kappa shape index (κ3) is 1.87. The highest BCUT2D eigenvalue weighted by atomic mass is 15.0. The van der Waals surface area contributed by atoms with Crippen molar-refractivity contribution in [2.75, 3.05) is 5.73 Å². The molecule has 0 heterocycles. The fourth-order valence-corrected chi connectivity index (χ4v) is 5.07. The van der Waals surface area contributed by atoms with Gasteiger partial charge in [-0.3, -0.25) is 0 Å². The molecule has 3 aliphatic rings. The van der Waals surface area contributed by atoms with E-state index < -0.39 is 5.54 Å². The summed E-state index contributed by atoms with van der Waals surface area (Å²) in [7, 11) is 0. The van der Waals surface area contributed by atoms with E-state index in [1.165, 1.54) is 22.3 Å². The first kappa shape index (κ1) is 14.2. The number of benzene rings is 1. The molecule has 0 saturated heterocycles. The van der Waals surface area contributed by atoms with Crippen LogP contribution in [0.3, 0.4) is 0 Å². The van der Waals surface area contributed by atoms with E-state index in [0.717, 1.165) is 50.6 Å². The molecule has 3 unspecified atom stereocenters. The van der Waals surface area contributed by atoms with Gasteiger partial charge in [-0.25, -0.2) is 0 Å². The molecular weight excluding hydrogens is 272 g/mol. The lowest BCUT2D eigenvalue weighted by molar-refractivity contribution is 0.256. The Kier molecular flexibility index (Phi) is 2.96. The van der Waals surface area contributed by atoms with Crippen LogP contribution in [-0.2, 0) is 12.8 Å². The van der Waals surface area contributed by atoms with Crippen LogP contribution in [0.2, 0.25) is 0 Å². The van der Waals surface area contributed by atoms with Crippen molar-refractivity contribution in [2.24, 2.45) is 17.2 Å². The highest BCUT2D eigenvalue weighted by Crippen LogP contribution is 2.50. The predicted molar refractivity (Wildman–Crippen MR) is 90.2 cm³/mol. The zero-order valence-electron chi connectivity index (χ0n) is 13.1. The molecule has 4 heteroatoms. The van der Waals surface area contributed by atoms with Crippen molar-refractivity contribution in [3.05, 3.63) is 40.5 Å². The molecule has 0 aromatic heterocycles. The lowest BCUT2D eigenvalue weighted by Gasteiger charge is -2.47. The number of hydrogen-bond donors (Lipinski definition) is 4. The van der Waals surface area contributed by atoms with Crippen molar-refractivity contribution in [3.63, 3.8) is 0 Å². The predicted octanol–water partition coefficient (Wildman–Crippen LogP) is 1.36. The Balaban J connectivity index is 1.78. The Morgan fingerprint density at radius 3 is 2.64 bits per heavy atom. The van der Waals surface area contributed by atoms with Gasteiger partial charge in [0.15, 0.2) is 0 Å². The van der Waals surface area contributed by atoms with Crippen LogP contribution in [-0.4, -0.2) is 17.1 Å². The van der Waals surface area contributed by atoms with Crippen LogP contribution in [0.25, 0.3) is 0 Å². The Morgan fingerprint density at radius 2 is 1.82 bits per heavy atom. The molecular formula is C18H26N4. The maximum Gasteiger partial charge on any atom is 0.0569 e. The van der Waals surface area contributed by atoms with Gasteiger partial charge in [0.1, 0.15) is 0 Å². The van der Waals surface area contributed by atoms with Crippen LogP contribution in [0.1, 0.15) is 43.2 Å². The summed E-state index contributed by atoms with van der Waals surface area (Å²) in [5.74, 6) is 0. The first-order valence-electron chi connectivity index (χ1n) is 8.33. The Hall–Kier alpha value is -1.36. The number of hydrogen-bond acceptors (Lipinski definition) is 4. The Bertz CT molecular complexity index is 665. The molecule has 1 fully saturated rings. The summed E-state index contributed by atoms with van der Waals surface area (Å²) in [5.41, 5.74) is 31.6. The van der Waals surface area contributed by atoms with Crippen molar-refractivity contribution in [1.29, 1.82) is 0 Å². The molecule has 1 saturated carbocycles. The second-order valence-electron chi connectivity index (χ2n) is 7.58. The average Bonchev–Trinajstić information content (AvgIpc) is 2.58. The second kappa shape index (κ2) is 4.57. The number of allylic oxidation sites excluding steroid dienone is 1. The van der Waals surface area contributed by atoms with E-state index in [9.17, 15) is 0 Å². The average molecular weight is 298 g/mol. The fraction of sp³-hybridized carbons (Fsp3) is 0.556. The number of nitrogen functional groups attached to an aromatic ring is 1. The molecule has 118 valence electrons. The number of nitrogens with two attached hydrogens (primary N) is 4. The van der Waals surface area contributed by atoms with Crippen LogP contribution in [0.15, 0.2) is 29.3 Å². The van der Waals surface area contributed by atoms with Gasteiger partial charge >= 0.3 is 0 Å². The topological polar surface area (TPSA) is 104 Å². The van der Waals surface area contributed by atoms with E-state index in [2.05, 4.69) is 12.1 Å². The Labute approximate surface area is 131 Å². The smallest absolute Gasteiger partial charge is 0.0569 e. The fourth-order valence-electron chi connectivity index (χ4n) is 5.07. The maximum absolute atomic E-state index is 6.89. The highest BCUT2D eigenvalue weighted by Gasteiger charge is 2.56. The lowest BCUT2D eigenvalue weighted by Crippen LogP contribution is -2.65. The van der Waals surface area contributed by atoms with Crippen LogP contribution < -0.4 is 22.9 Å². The lowest BCUT2D eigenvalue weighted by atomic mass is 9.65. The number of anilines is 1. The molecule has 3 aliphatic carbocycles. The summed E-state index contributed by atoms with van der Waals surface area (Å²) in [4.78, 5) is 0. The summed E-state index contributed by atoms with van der Waals surface area (Å²) in [5, 5.41) is 0. The highest BCUT2D eigenvalue weighted by molar-refractivity contribution is 5.50. The summed E-state index contributed by atoms with van der Waals surface area (Å²) in [6.45, 7) is 0. The van der Waals surface area contributed by atoms with Gasteiger partial charge in [-0.15, -0.1) is 0 Å². The van der Waals surface area contributed by atoms with Crippen LogP contribution >= 0.6 is 0 Å². The maximum atomic E-state index is 6.89. The van der Waals surface area contributed by atoms with Crippen LogP contribution in [0.5, 0.6) is 0 Å². The van der Waals surface area contributed by atoms with Gasteiger partial charge in [0.25, 0.3) is 0 Å². The number of fused-ring (bicyclic) bond motifs is 3. The van der Waals surface area contributed by atoms with Gasteiger partial charge in [0.05, 0.1) is 5.54 Å². The van der Waals surface area contributed by atoms with Gasteiger partial charge in [-0.2, -0.15) is 0 Å². The third-order valence-electron chi connectivity index (χ3n) is 6.22. The van der Waals surface area contributed by atoms with E-state index in [0.29, 0.717) is 0 Å². The molecule has 4 nitrogen and oxygen atoms in total. The van der Waals surface area contributed by atoms with Gasteiger partial charge in [0, 0.05) is 17.3 Å². The zero-order valence-corrected chi connectivity index (χ0v) is 13.1. The molecule has 1 aromatic carbocycles. The van der Waals surface area contributed by atoms with E-state index in [-0.39, 0.29) is 11.6 Å². The summed E-state index contributed by atoms with van der Waals surface area (Å²) >= 11 is 0. The third-order valence-corrected chi connectivity index (χ3v) is 6.22. The normalized spacial score (nSPS) is 37.3. The monoisotopic (exact) mass is 298 g/mol. The van der Waals surface area contributed by atoms with E-state index in [4.69, 9.17) is 22.9 Å². The van der Waals surface area contributed by atoms with Crippen molar-refractivity contribution >= 4 is 5.69 Å². The first-order chi connectivity index (χ1) is 10.4. The van der Waals surface area contributed by atoms with Gasteiger partial charge in [-0.1, -0.05) is 11.6 Å². The molecule has 22 heavy (non-hydrogen) atoms. The minimum Gasteiger partial charge on any atom is -0.399 e. The zero-order chi connectivity index (χ0) is 15.5. The van der Waals surface area contributed by atoms with Crippen LogP contribution in [0, 0.1) is 0 Å². The molecule has 0 spiro atoms. The molecule has 0 radical (unpaired) electrons. The summed E-state index contributed by atoms with van der Waals surface area (Å²) in [6, 6.07) is 6.42. The van der Waals surface area contributed by atoms with Gasteiger partial charge < -0.3 is 22.9 Å². The summed E-state index contributed by atoms with van der Waals surface area (Å²) < 4.78 is 0. The van der Waals surface area contributed by atoms with E-state index in [1.807, 2.05) is 6.07 Å². The number of aryl methyl sites for hydroxylation is 1. The largest absolute Gasteiger partial charge is 0.399 e. The Morgan fingerprint density at radius 1 is 1.00 bits per heavy atom. The van der Waals surface area contributed by atoms with E-state index in [1.54, 1.807) is 0 Å². The quantitative estimate of drug-likeness (QED) is 0.429. The standard InChI is InChI=1S/C18H26N4/c19-14-3-1-11-2-4-16-12(7-13(11)8-14)5-6-17(21)9-15(20)10-18(16,17)22/h1,3,8,15H,2,4-7,9-10,19-22H2. The molecule has 0 aliphatic heterocycles. The van der Waals surface area contributed by atoms with Gasteiger partial charge in [-0.05, 0) is 73.8 Å². The number of rotatable bonds is 0. The van der Waals surface area contributed by atoms with Crippen LogP contribution in [0.4, 0.5) is 5.69 Å². The summed E-state index contributed by atoms with van der Waals surface area (Å²) in [6.07, 6.45) is 6.67. The van der Waals surface area contributed by atoms with Crippen molar-refractivity contribution in [1.82, 2.24) is 0 Å². The SMILES string of the molecule is Nc1ccc2c(c1)CC1=C(CC2)C2(N)CC(N)CC2(N)CC1. The molecule has 4 rings (SSSR count). The minimum absolute atomic E-state index is 0.128. The van der Waals surface area contributed by atoms with E-state index >= 15 is 0 Å². The van der Waals surface area contributed by atoms with Crippen molar-refractivity contribution in [3.8, 4) is 0 Å². The molecule has 1 aromatic rings. The first-order valence-corrected chi connectivity index (χ1v) is 8.33.